The highest BCUT2D eigenvalue weighted by molar-refractivity contribution is 5.83. The summed E-state index contributed by atoms with van der Waals surface area (Å²) < 4.78 is 40.8. The lowest BCUT2D eigenvalue weighted by molar-refractivity contribution is -0.274. The molecule has 11 heteroatoms. The van der Waals surface area contributed by atoms with Gasteiger partial charge in [0.15, 0.2) is 0 Å². The summed E-state index contributed by atoms with van der Waals surface area (Å²) in [5.41, 5.74) is 0.817. The third kappa shape index (κ3) is 6.39. The maximum Gasteiger partial charge on any atom is 0.573 e. The summed E-state index contributed by atoms with van der Waals surface area (Å²) in [6.45, 7) is 2.81. The molecule has 0 aromatic heterocycles. The number of aliphatic hydroxyl groups is 1. The Labute approximate surface area is 196 Å². The average molecular weight is 485 g/mol. The number of likely N-dealkylation sites (tertiary alicyclic amines) is 1. The van der Waals surface area contributed by atoms with E-state index in [4.69, 9.17) is 0 Å². The zero-order valence-electron chi connectivity index (χ0n) is 18.9. The summed E-state index contributed by atoms with van der Waals surface area (Å²) in [6, 6.07) is 5.61. The van der Waals surface area contributed by atoms with Crippen LogP contribution in [0.5, 0.6) is 5.75 Å². The van der Waals surface area contributed by atoms with Crippen molar-refractivity contribution in [3.8, 4) is 5.75 Å². The van der Waals surface area contributed by atoms with Crippen molar-refractivity contribution >= 4 is 11.8 Å². The molecule has 2 amide bonds. The number of rotatable bonds is 7. The molecule has 1 aromatic carbocycles. The third-order valence-electron chi connectivity index (χ3n) is 6.88. The van der Waals surface area contributed by atoms with Gasteiger partial charge in [-0.25, -0.2) is 0 Å². The molecule has 34 heavy (non-hydrogen) atoms. The molecule has 4 rings (SSSR count). The molecule has 3 fully saturated rings. The van der Waals surface area contributed by atoms with E-state index in [1.165, 1.54) is 12.1 Å². The molecule has 3 aliphatic rings. The van der Waals surface area contributed by atoms with E-state index in [1.807, 2.05) is 4.90 Å². The Morgan fingerprint density at radius 3 is 2.59 bits per heavy atom. The number of carbonyl (C=O) groups is 2. The van der Waals surface area contributed by atoms with Crippen molar-refractivity contribution in [3.63, 3.8) is 0 Å². The molecule has 3 N–H and O–H groups in total. The first-order valence-electron chi connectivity index (χ1n) is 11.8. The molecule has 0 radical (unpaired) electrons. The van der Waals surface area contributed by atoms with Crippen molar-refractivity contribution in [1.82, 2.24) is 20.4 Å². The van der Waals surface area contributed by atoms with Crippen LogP contribution in [-0.2, 0) is 16.1 Å². The van der Waals surface area contributed by atoms with Crippen LogP contribution in [0.25, 0.3) is 0 Å². The number of aliphatic hydroxyl groups excluding tert-OH is 1. The van der Waals surface area contributed by atoms with Crippen LogP contribution >= 0.6 is 0 Å². The second-order valence-corrected chi connectivity index (χ2v) is 9.27. The van der Waals surface area contributed by atoms with Gasteiger partial charge in [0.2, 0.25) is 11.8 Å². The highest BCUT2D eigenvalue weighted by Gasteiger charge is 2.43. The van der Waals surface area contributed by atoms with E-state index in [2.05, 4.69) is 20.3 Å². The molecule has 0 unspecified atom stereocenters. The van der Waals surface area contributed by atoms with Crippen LogP contribution < -0.4 is 15.4 Å². The predicted molar refractivity (Wildman–Crippen MR) is 117 cm³/mol. The number of nitrogens with one attached hydrogen (secondary N) is 2. The van der Waals surface area contributed by atoms with Crippen molar-refractivity contribution in [3.05, 3.63) is 29.8 Å². The molecule has 188 valence electrons. The smallest absolute Gasteiger partial charge is 0.406 e. The molecule has 0 saturated carbocycles. The lowest BCUT2D eigenvalue weighted by Gasteiger charge is -2.37. The van der Waals surface area contributed by atoms with Crippen LogP contribution in [-0.4, -0.2) is 83.5 Å². The molecule has 0 aliphatic carbocycles. The maximum absolute atomic E-state index is 12.6. The normalized spacial score (nSPS) is 26.3. The van der Waals surface area contributed by atoms with Gasteiger partial charge < -0.3 is 25.4 Å². The number of carbonyl (C=O) groups excluding carboxylic acids is 2. The van der Waals surface area contributed by atoms with Gasteiger partial charge in [-0.2, -0.15) is 0 Å². The molecule has 8 nitrogen and oxygen atoms in total. The second-order valence-electron chi connectivity index (χ2n) is 9.27. The van der Waals surface area contributed by atoms with Gasteiger partial charge in [-0.1, -0.05) is 12.1 Å². The van der Waals surface area contributed by atoms with Crippen LogP contribution in [0.2, 0.25) is 0 Å². The Morgan fingerprint density at radius 2 is 1.91 bits per heavy atom. The number of halogens is 3. The molecule has 0 spiro atoms. The second kappa shape index (κ2) is 10.5. The zero-order valence-corrected chi connectivity index (χ0v) is 18.9. The van der Waals surface area contributed by atoms with Gasteiger partial charge in [0.1, 0.15) is 5.75 Å². The van der Waals surface area contributed by atoms with Gasteiger partial charge >= 0.3 is 6.36 Å². The number of piperidine rings is 1. The summed E-state index contributed by atoms with van der Waals surface area (Å²) in [6.07, 6.45) is -2.11. The zero-order chi connectivity index (χ0) is 24.3. The summed E-state index contributed by atoms with van der Waals surface area (Å²) >= 11 is 0. The fourth-order valence-corrected chi connectivity index (χ4v) is 5.03. The van der Waals surface area contributed by atoms with E-state index < -0.39 is 6.36 Å². The number of piperazine rings is 1. The fraction of sp³-hybridized carbons (Fsp3) is 0.652. The number of nitrogens with zero attached hydrogens (tertiary/aromatic N) is 2. The van der Waals surface area contributed by atoms with E-state index in [0.717, 1.165) is 5.56 Å². The summed E-state index contributed by atoms with van der Waals surface area (Å²) in [4.78, 5) is 29.0. The first-order valence-corrected chi connectivity index (χ1v) is 11.8. The number of hydrogen-bond donors (Lipinski definition) is 3. The van der Waals surface area contributed by atoms with Gasteiger partial charge in [-0.3, -0.25) is 14.5 Å². The lowest BCUT2D eigenvalue weighted by atomic mass is 10.0. The quantitative estimate of drug-likeness (QED) is 0.542. The Balaban J connectivity index is 1.26. The maximum atomic E-state index is 12.6. The van der Waals surface area contributed by atoms with E-state index >= 15 is 0 Å². The lowest BCUT2D eigenvalue weighted by Crippen LogP contribution is -2.58. The first kappa shape index (κ1) is 24.7. The Bertz CT molecular complexity index is 859. The SMILES string of the molecule is O=C1NC[C@@H](CCC(=O)N2CCC(O)CC2)N2C[C@@H](NCc3ccc(OC(F)(F)F)cc3)C[C@@H]12. The molecular weight excluding hydrogens is 453 g/mol. The van der Waals surface area contributed by atoms with Crippen molar-refractivity contribution in [2.45, 2.75) is 69.2 Å². The minimum Gasteiger partial charge on any atom is -0.406 e. The molecule has 3 atom stereocenters. The number of amides is 2. The summed E-state index contributed by atoms with van der Waals surface area (Å²) in [5.74, 6) is -0.179. The monoisotopic (exact) mass is 484 g/mol. The van der Waals surface area contributed by atoms with Crippen LogP contribution in [0.4, 0.5) is 13.2 Å². The molecule has 1 aromatic rings. The Kier molecular flexibility index (Phi) is 7.63. The van der Waals surface area contributed by atoms with Crippen molar-refractivity contribution in [2.75, 3.05) is 26.2 Å². The number of alkyl halides is 3. The Hall–Kier alpha value is -2.37. The Morgan fingerprint density at radius 1 is 1.21 bits per heavy atom. The molecule has 3 heterocycles. The first-order chi connectivity index (χ1) is 16.2. The van der Waals surface area contributed by atoms with E-state index in [-0.39, 0.29) is 41.8 Å². The predicted octanol–water partition coefficient (Wildman–Crippen LogP) is 1.38. The molecular formula is C23H31F3N4O4. The third-order valence-corrected chi connectivity index (χ3v) is 6.88. The average Bonchev–Trinajstić information content (AvgIpc) is 3.23. The number of ether oxygens (including phenoxy) is 1. The highest BCUT2D eigenvalue weighted by Crippen LogP contribution is 2.27. The standard InChI is InChI=1S/C23H31F3N4O4/c24-23(25,26)34-19-4-1-15(2-5-19)12-27-16-11-20-22(33)28-13-17(30(20)14-16)3-6-21(32)29-9-7-18(31)8-10-29/h1-2,4-5,16-18,20,27,31H,3,6-14H2,(H,28,33)/t16-,17+,20-/m0/s1. The summed E-state index contributed by atoms with van der Waals surface area (Å²) in [5, 5.41) is 16.0. The number of fused-ring (bicyclic) bond motifs is 1. The topological polar surface area (TPSA) is 94.1 Å². The van der Waals surface area contributed by atoms with Crippen molar-refractivity contribution < 1.29 is 32.6 Å². The van der Waals surface area contributed by atoms with Crippen LogP contribution in [0, 0.1) is 0 Å². The molecule has 3 saturated heterocycles. The van der Waals surface area contributed by atoms with Crippen LogP contribution in [0.1, 0.15) is 37.7 Å². The van der Waals surface area contributed by atoms with Gasteiger partial charge in [0, 0.05) is 51.2 Å². The number of hydrogen-bond acceptors (Lipinski definition) is 6. The van der Waals surface area contributed by atoms with Crippen molar-refractivity contribution in [1.29, 1.82) is 0 Å². The molecule has 3 aliphatic heterocycles. The largest absolute Gasteiger partial charge is 0.573 e. The van der Waals surface area contributed by atoms with Gasteiger partial charge in [0.25, 0.3) is 0 Å². The minimum atomic E-state index is -4.72. The van der Waals surface area contributed by atoms with Crippen molar-refractivity contribution in [2.24, 2.45) is 0 Å². The molecule has 0 bridgehead atoms. The van der Waals surface area contributed by atoms with E-state index in [1.54, 1.807) is 12.1 Å². The van der Waals surface area contributed by atoms with Crippen LogP contribution in [0.15, 0.2) is 24.3 Å². The van der Waals surface area contributed by atoms with Gasteiger partial charge in [0.05, 0.1) is 12.1 Å². The number of benzene rings is 1. The highest BCUT2D eigenvalue weighted by atomic mass is 19.4. The van der Waals surface area contributed by atoms with Gasteiger partial charge in [-0.15, -0.1) is 13.2 Å². The minimum absolute atomic E-state index is 0.00875. The van der Waals surface area contributed by atoms with E-state index in [9.17, 15) is 27.9 Å². The fourth-order valence-electron chi connectivity index (χ4n) is 5.03. The summed E-state index contributed by atoms with van der Waals surface area (Å²) in [7, 11) is 0. The van der Waals surface area contributed by atoms with E-state index in [0.29, 0.717) is 64.8 Å². The van der Waals surface area contributed by atoms with Crippen LogP contribution in [0.3, 0.4) is 0 Å². The van der Waals surface area contributed by atoms with Gasteiger partial charge in [-0.05, 0) is 43.4 Å².